The second-order valence-electron chi connectivity index (χ2n) is 3.83. The van der Waals surface area contributed by atoms with E-state index < -0.39 is 30.5 Å². The molecule has 0 aliphatic heterocycles. The third-order valence-electron chi connectivity index (χ3n) is 1.90. The number of hydrogen-bond donors (Lipinski definition) is 2. The van der Waals surface area contributed by atoms with Gasteiger partial charge < -0.3 is 5.11 Å². The molecule has 0 bridgehead atoms. The van der Waals surface area contributed by atoms with Crippen molar-refractivity contribution in [3.63, 3.8) is 0 Å². The van der Waals surface area contributed by atoms with Gasteiger partial charge in [-0.15, -0.1) is 0 Å². The minimum Gasteiger partial charge on any atom is -0.394 e. The smallest absolute Gasteiger partial charge is 0.226 e. The first kappa shape index (κ1) is 14.8. The van der Waals surface area contributed by atoms with Crippen molar-refractivity contribution in [2.45, 2.75) is 25.8 Å². The zero-order valence-electron chi connectivity index (χ0n) is 9.02. The minimum absolute atomic E-state index is 0.368. The number of sulfonamides is 1. The quantitative estimate of drug-likeness (QED) is 0.642. The SMILES string of the molecule is CCC(C)(CO)NS(=O)(=O)CS(C)(=O)=O. The Morgan fingerprint density at radius 2 is 1.73 bits per heavy atom. The number of nitrogens with one attached hydrogen (secondary N) is 1. The van der Waals surface area contributed by atoms with Gasteiger partial charge in [-0.05, 0) is 13.3 Å². The summed E-state index contributed by atoms with van der Waals surface area (Å²) < 4.78 is 46.6. The van der Waals surface area contributed by atoms with E-state index in [1.807, 2.05) is 0 Å². The fourth-order valence-electron chi connectivity index (χ4n) is 0.903. The summed E-state index contributed by atoms with van der Waals surface area (Å²) in [6, 6.07) is 0. The predicted octanol–water partition coefficient (Wildman–Crippen LogP) is -0.931. The molecular weight excluding hydrogens is 242 g/mol. The maximum atomic E-state index is 11.4. The second-order valence-corrected chi connectivity index (χ2v) is 8.06. The number of hydrogen-bond acceptors (Lipinski definition) is 5. The van der Waals surface area contributed by atoms with Crippen LogP contribution in [0.1, 0.15) is 20.3 Å². The van der Waals surface area contributed by atoms with Crippen molar-refractivity contribution >= 4 is 19.9 Å². The van der Waals surface area contributed by atoms with Gasteiger partial charge in [0.05, 0.1) is 12.1 Å². The molecule has 0 amide bonds. The van der Waals surface area contributed by atoms with Crippen LogP contribution in [0.3, 0.4) is 0 Å². The van der Waals surface area contributed by atoms with E-state index in [0.717, 1.165) is 6.26 Å². The maximum Gasteiger partial charge on any atom is 0.226 e. The van der Waals surface area contributed by atoms with Gasteiger partial charge in [0.1, 0.15) is 0 Å². The molecule has 1 unspecified atom stereocenters. The molecule has 0 spiro atoms. The van der Waals surface area contributed by atoms with Crippen molar-refractivity contribution in [3.05, 3.63) is 0 Å². The van der Waals surface area contributed by atoms with E-state index in [2.05, 4.69) is 4.72 Å². The van der Waals surface area contributed by atoms with Gasteiger partial charge >= 0.3 is 0 Å². The zero-order valence-corrected chi connectivity index (χ0v) is 10.7. The molecule has 6 nitrogen and oxygen atoms in total. The highest BCUT2D eigenvalue weighted by Gasteiger charge is 2.29. The molecule has 0 fully saturated rings. The van der Waals surface area contributed by atoms with Crippen LogP contribution in [-0.2, 0) is 19.9 Å². The summed E-state index contributed by atoms with van der Waals surface area (Å²) in [6.07, 6.45) is 1.21. The number of rotatable bonds is 6. The maximum absolute atomic E-state index is 11.4. The van der Waals surface area contributed by atoms with E-state index in [1.165, 1.54) is 6.92 Å². The summed E-state index contributed by atoms with van der Waals surface area (Å²) >= 11 is 0. The van der Waals surface area contributed by atoms with Gasteiger partial charge in [-0.2, -0.15) is 0 Å². The highest BCUT2D eigenvalue weighted by molar-refractivity contribution is 8.06. The van der Waals surface area contributed by atoms with Crippen molar-refractivity contribution in [1.82, 2.24) is 4.72 Å². The molecule has 2 N–H and O–H groups in total. The van der Waals surface area contributed by atoms with Gasteiger partial charge in [0.2, 0.25) is 10.0 Å². The number of sulfone groups is 1. The van der Waals surface area contributed by atoms with Gasteiger partial charge in [-0.25, -0.2) is 21.6 Å². The lowest BCUT2D eigenvalue weighted by atomic mass is 10.0. The molecule has 0 aromatic rings. The van der Waals surface area contributed by atoms with Crippen molar-refractivity contribution in [3.8, 4) is 0 Å². The van der Waals surface area contributed by atoms with Crippen LogP contribution < -0.4 is 4.72 Å². The Hall–Kier alpha value is -0.180. The van der Waals surface area contributed by atoms with Crippen LogP contribution in [0.15, 0.2) is 0 Å². The summed E-state index contributed by atoms with van der Waals surface area (Å²) in [7, 11) is -7.52. The average molecular weight is 259 g/mol. The van der Waals surface area contributed by atoms with Crippen LogP contribution in [0, 0.1) is 0 Å². The molecule has 0 heterocycles. The Balaban J connectivity index is 4.80. The van der Waals surface area contributed by atoms with Crippen molar-refractivity contribution in [2.75, 3.05) is 17.9 Å². The summed E-state index contributed by atoms with van der Waals surface area (Å²) in [5.74, 6) is 0. The van der Waals surface area contributed by atoms with Crippen LogP contribution in [0.4, 0.5) is 0 Å². The van der Waals surface area contributed by atoms with Crippen LogP contribution in [0.2, 0.25) is 0 Å². The number of aliphatic hydroxyl groups excluding tert-OH is 1. The number of aliphatic hydroxyl groups is 1. The highest BCUT2D eigenvalue weighted by atomic mass is 32.3. The summed E-state index contributed by atoms with van der Waals surface area (Å²) in [5.41, 5.74) is -1.01. The van der Waals surface area contributed by atoms with Crippen molar-refractivity contribution in [2.24, 2.45) is 0 Å². The Morgan fingerprint density at radius 1 is 1.27 bits per heavy atom. The predicted molar refractivity (Wildman–Crippen MR) is 57.5 cm³/mol. The fraction of sp³-hybridized carbons (Fsp3) is 1.00. The van der Waals surface area contributed by atoms with Gasteiger partial charge in [0.15, 0.2) is 14.9 Å². The third-order valence-corrected chi connectivity index (χ3v) is 5.66. The van der Waals surface area contributed by atoms with E-state index in [9.17, 15) is 16.8 Å². The molecule has 0 saturated heterocycles. The Morgan fingerprint density at radius 3 is 2.00 bits per heavy atom. The summed E-state index contributed by atoms with van der Waals surface area (Å²) in [6.45, 7) is 2.82. The van der Waals surface area contributed by atoms with Gasteiger partial charge in [0, 0.05) is 6.26 Å². The molecule has 1 atom stereocenters. The minimum atomic E-state index is -3.92. The summed E-state index contributed by atoms with van der Waals surface area (Å²) in [4.78, 5) is 0. The Labute approximate surface area is 90.7 Å². The van der Waals surface area contributed by atoms with E-state index in [4.69, 9.17) is 5.11 Å². The molecule has 0 rings (SSSR count). The first-order valence-electron chi connectivity index (χ1n) is 4.34. The standard InChI is InChI=1S/C7H17NO5S2/c1-4-7(2,5-9)8-15(12,13)6-14(3,10)11/h8-9H,4-6H2,1-3H3. The van der Waals surface area contributed by atoms with E-state index >= 15 is 0 Å². The van der Waals surface area contributed by atoms with Crippen molar-refractivity contribution < 1.29 is 21.9 Å². The molecule has 8 heteroatoms. The molecule has 0 aliphatic carbocycles. The molecule has 0 aromatic carbocycles. The first-order chi connectivity index (χ1) is 6.54. The largest absolute Gasteiger partial charge is 0.394 e. The monoisotopic (exact) mass is 259 g/mol. The van der Waals surface area contributed by atoms with Crippen LogP contribution >= 0.6 is 0 Å². The molecule has 92 valence electrons. The van der Waals surface area contributed by atoms with Gasteiger partial charge in [0.25, 0.3) is 0 Å². The van der Waals surface area contributed by atoms with Crippen molar-refractivity contribution in [1.29, 1.82) is 0 Å². The topological polar surface area (TPSA) is 101 Å². The van der Waals surface area contributed by atoms with Crippen LogP contribution in [0.5, 0.6) is 0 Å². The second kappa shape index (κ2) is 4.77. The van der Waals surface area contributed by atoms with Crippen LogP contribution in [0.25, 0.3) is 0 Å². The molecule has 0 aliphatic rings. The fourth-order valence-corrected chi connectivity index (χ4v) is 4.35. The molecule has 15 heavy (non-hydrogen) atoms. The molecule has 0 radical (unpaired) electrons. The molecular formula is C7H17NO5S2. The lowest BCUT2D eigenvalue weighted by Gasteiger charge is -2.26. The van der Waals surface area contributed by atoms with E-state index in [-0.39, 0.29) is 6.61 Å². The van der Waals surface area contributed by atoms with Gasteiger partial charge in [-0.1, -0.05) is 6.92 Å². The van der Waals surface area contributed by atoms with Crippen LogP contribution in [-0.4, -0.2) is 45.4 Å². The highest BCUT2D eigenvalue weighted by Crippen LogP contribution is 2.10. The normalized spacial score (nSPS) is 17.3. The summed E-state index contributed by atoms with van der Waals surface area (Å²) in [5, 5.41) is 8.01. The Kier molecular flexibility index (Phi) is 4.71. The average Bonchev–Trinajstić information content (AvgIpc) is 1.98. The lowest BCUT2D eigenvalue weighted by molar-refractivity contribution is 0.191. The van der Waals surface area contributed by atoms with E-state index in [1.54, 1.807) is 6.92 Å². The zero-order chi connectivity index (χ0) is 12.3. The molecule has 0 saturated carbocycles. The first-order valence-corrected chi connectivity index (χ1v) is 8.05. The Bertz CT molecular complexity index is 393. The van der Waals surface area contributed by atoms with Gasteiger partial charge in [-0.3, -0.25) is 0 Å². The lowest BCUT2D eigenvalue weighted by Crippen LogP contribution is -2.49. The van der Waals surface area contributed by atoms with E-state index in [0.29, 0.717) is 6.42 Å². The molecule has 0 aromatic heterocycles. The third kappa shape index (κ3) is 6.08.